The van der Waals surface area contributed by atoms with Crippen LogP contribution in [-0.4, -0.2) is 37.0 Å². The van der Waals surface area contributed by atoms with Gasteiger partial charge in [-0.15, -0.1) is 0 Å². The summed E-state index contributed by atoms with van der Waals surface area (Å²) in [6, 6.07) is 0.945. The van der Waals surface area contributed by atoms with Crippen LogP contribution in [0.4, 0.5) is 0 Å². The molecule has 1 heterocycles. The van der Waals surface area contributed by atoms with Crippen molar-refractivity contribution in [3.05, 3.63) is 0 Å². The molecule has 1 aliphatic heterocycles. The standard InChI is InChI=1S/C13H25NO2/c15-10-13(11-6-8-16-9-7-11)14-12-4-2-1-3-5-12/h11-15H,1-10H2. The Hall–Kier alpha value is -0.120. The molecule has 0 aromatic carbocycles. The summed E-state index contributed by atoms with van der Waals surface area (Å²) in [5.74, 6) is 0.612. The van der Waals surface area contributed by atoms with Gasteiger partial charge in [-0.1, -0.05) is 19.3 Å². The zero-order valence-electron chi connectivity index (χ0n) is 10.2. The predicted octanol–water partition coefficient (Wildman–Crippen LogP) is 1.70. The number of ether oxygens (including phenoxy) is 1. The Morgan fingerprint density at radius 1 is 1.06 bits per heavy atom. The van der Waals surface area contributed by atoms with E-state index in [4.69, 9.17) is 4.74 Å². The van der Waals surface area contributed by atoms with Gasteiger partial charge in [0.05, 0.1) is 6.61 Å². The number of hydrogen-bond donors (Lipinski definition) is 2. The van der Waals surface area contributed by atoms with E-state index in [-0.39, 0.29) is 6.61 Å². The highest BCUT2D eigenvalue weighted by atomic mass is 16.5. The average Bonchev–Trinajstić information content (AvgIpc) is 2.38. The Morgan fingerprint density at radius 3 is 2.38 bits per heavy atom. The van der Waals surface area contributed by atoms with Crippen molar-refractivity contribution in [3.63, 3.8) is 0 Å². The number of aliphatic hydroxyl groups is 1. The molecule has 16 heavy (non-hydrogen) atoms. The molecule has 3 heteroatoms. The third kappa shape index (κ3) is 3.44. The molecule has 0 amide bonds. The van der Waals surface area contributed by atoms with Gasteiger partial charge in [-0.25, -0.2) is 0 Å². The number of nitrogens with one attached hydrogen (secondary N) is 1. The Balaban J connectivity index is 1.78. The highest BCUT2D eigenvalue weighted by molar-refractivity contribution is 4.83. The molecule has 1 saturated carbocycles. The Kier molecular flexibility index (Phi) is 5.07. The molecule has 0 aromatic rings. The van der Waals surface area contributed by atoms with E-state index in [1.807, 2.05) is 0 Å². The average molecular weight is 227 g/mol. The molecule has 2 rings (SSSR count). The predicted molar refractivity (Wildman–Crippen MR) is 64.4 cm³/mol. The summed E-state index contributed by atoms with van der Waals surface area (Å²) in [5.41, 5.74) is 0. The van der Waals surface area contributed by atoms with E-state index in [0.717, 1.165) is 26.1 Å². The van der Waals surface area contributed by atoms with Crippen molar-refractivity contribution in [2.24, 2.45) is 5.92 Å². The molecule has 1 unspecified atom stereocenters. The van der Waals surface area contributed by atoms with Gasteiger partial charge < -0.3 is 15.2 Å². The summed E-state index contributed by atoms with van der Waals surface area (Å²) >= 11 is 0. The number of hydrogen-bond acceptors (Lipinski definition) is 3. The minimum Gasteiger partial charge on any atom is -0.395 e. The van der Waals surface area contributed by atoms with Crippen molar-refractivity contribution in [2.45, 2.75) is 57.0 Å². The fourth-order valence-electron chi connectivity index (χ4n) is 3.03. The van der Waals surface area contributed by atoms with Crippen LogP contribution in [0.15, 0.2) is 0 Å². The third-order valence-electron chi connectivity index (χ3n) is 4.09. The van der Waals surface area contributed by atoms with E-state index in [0.29, 0.717) is 18.0 Å². The second-order valence-corrected chi connectivity index (χ2v) is 5.24. The topological polar surface area (TPSA) is 41.5 Å². The van der Waals surface area contributed by atoms with Crippen molar-refractivity contribution in [1.82, 2.24) is 5.32 Å². The molecule has 0 aromatic heterocycles. The van der Waals surface area contributed by atoms with E-state index in [1.54, 1.807) is 0 Å². The normalized spacial score (nSPS) is 26.8. The van der Waals surface area contributed by atoms with Crippen LogP contribution in [0.5, 0.6) is 0 Å². The third-order valence-corrected chi connectivity index (χ3v) is 4.09. The summed E-state index contributed by atoms with van der Waals surface area (Å²) in [6.45, 7) is 2.02. The highest BCUT2D eigenvalue weighted by Gasteiger charge is 2.26. The summed E-state index contributed by atoms with van der Waals surface area (Å²) in [5, 5.41) is 13.2. The minimum atomic E-state index is 0.279. The monoisotopic (exact) mass is 227 g/mol. The Morgan fingerprint density at radius 2 is 1.75 bits per heavy atom. The second-order valence-electron chi connectivity index (χ2n) is 5.24. The van der Waals surface area contributed by atoms with E-state index >= 15 is 0 Å². The van der Waals surface area contributed by atoms with Crippen LogP contribution in [0.2, 0.25) is 0 Å². The fourth-order valence-corrected chi connectivity index (χ4v) is 3.03. The fraction of sp³-hybridized carbons (Fsp3) is 1.00. The molecule has 1 atom stereocenters. The van der Waals surface area contributed by atoms with Gasteiger partial charge in [-0.05, 0) is 31.6 Å². The molecule has 1 aliphatic carbocycles. The molecule has 2 aliphatic rings. The summed E-state index contributed by atoms with van der Waals surface area (Å²) in [4.78, 5) is 0. The molecular formula is C13H25NO2. The van der Waals surface area contributed by atoms with Crippen LogP contribution in [0.1, 0.15) is 44.9 Å². The van der Waals surface area contributed by atoms with Gasteiger partial charge in [0.1, 0.15) is 0 Å². The molecular weight excluding hydrogens is 202 g/mol. The van der Waals surface area contributed by atoms with Crippen molar-refractivity contribution in [2.75, 3.05) is 19.8 Å². The Labute approximate surface area is 98.6 Å². The maximum atomic E-state index is 9.51. The van der Waals surface area contributed by atoms with Gasteiger partial charge in [0.2, 0.25) is 0 Å². The first kappa shape index (κ1) is 12.3. The van der Waals surface area contributed by atoms with Crippen molar-refractivity contribution >= 4 is 0 Å². The van der Waals surface area contributed by atoms with Crippen LogP contribution in [0, 0.1) is 5.92 Å². The second kappa shape index (κ2) is 6.58. The molecule has 0 bridgehead atoms. The molecule has 0 radical (unpaired) electrons. The molecule has 94 valence electrons. The summed E-state index contributed by atoms with van der Waals surface area (Å²) in [6.07, 6.45) is 8.88. The lowest BCUT2D eigenvalue weighted by Gasteiger charge is -2.34. The molecule has 2 N–H and O–H groups in total. The van der Waals surface area contributed by atoms with Crippen molar-refractivity contribution in [1.29, 1.82) is 0 Å². The number of aliphatic hydroxyl groups excluding tert-OH is 1. The summed E-state index contributed by atoms with van der Waals surface area (Å²) < 4.78 is 5.37. The van der Waals surface area contributed by atoms with Crippen LogP contribution in [-0.2, 0) is 4.74 Å². The molecule has 3 nitrogen and oxygen atoms in total. The van der Waals surface area contributed by atoms with Crippen molar-refractivity contribution < 1.29 is 9.84 Å². The summed E-state index contributed by atoms with van der Waals surface area (Å²) in [7, 11) is 0. The highest BCUT2D eigenvalue weighted by Crippen LogP contribution is 2.22. The molecule has 1 saturated heterocycles. The molecule has 2 fully saturated rings. The lowest BCUT2D eigenvalue weighted by Crippen LogP contribution is -2.47. The number of rotatable bonds is 4. The zero-order chi connectivity index (χ0) is 11.2. The maximum Gasteiger partial charge on any atom is 0.0587 e. The minimum absolute atomic E-state index is 0.279. The van der Waals surface area contributed by atoms with Gasteiger partial charge in [0, 0.05) is 25.3 Å². The largest absolute Gasteiger partial charge is 0.395 e. The first-order chi connectivity index (χ1) is 7.90. The van der Waals surface area contributed by atoms with E-state index in [1.165, 1.54) is 32.1 Å². The van der Waals surface area contributed by atoms with Crippen LogP contribution < -0.4 is 5.32 Å². The van der Waals surface area contributed by atoms with E-state index in [2.05, 4.69) is 5.32 Å². The van der Waals surface area contributed by atoms with Gasteiger partial charge in [-0.2, -0.15) is 0 Å². The van der Waals surface area contributed by atoms with Crippen LogP contribution in [0.3, 0.4) is 0 Å². The van der Waals surface area contributed by atoms with E-state index in [9.17, 15) is 5.11 Å². The van der Waals surface area contributed by atoms with Gasteiger partial charge >= 0.3 is 0 Å². The van der Waals surface area contributed by atoms with Crippen LogP contribution >= 0.6 is 0 Å². The quantitative estimate of drug-likeness (QED) is 0.768. The lowest BCUT2D eigenvalue weighted by atomic mass is 9.89. The maximum absolute atomic E-state index is 9.51. The van der Waals surface area contributed by atoms with Gasteiger partial charge in [-0.3, -0.25) is 0 Å². The van der Waals surface area contributed by atoms with Crippen LogP contribution in [0.25, 0.3) is 0 Å². The Bertz CT molecular complexity index is 186. The molecule has 0 spiro atoms. The van der Waals surface area contributed by atoms with Crippen molar-refractivity contribution in [3.8, 4) is 0 Å². The SMILES string of the molecule is OCC(NC1CCCCC1)C1CCOCC1. The smallest absolute Gasteiger partial charge is 0.0587 e. The lowest BCUT2D eigenvalue weighted by molar-refractivity contribution is 0.0403. The van der Waals surface area contributed by atoms with Gasteiger partial charge in [0.15, 0.2) is 0 Å². The zero-order valence-corrected chi connectivity index (χ0v) is 10.2. The first-order valence-corrected chi connectivity index (χ1v) is 6.85. The van der Waals surface area contributed by atoms with Gasteiger partial charge in [0.25, 0.3) is 0 Å². The van der Waals surface area contributed by atoms with E-state index < -0.39 is 0 Å². The first-order valence-electron chi connectivity index (χ1n) is 6.85.